The Hall–Kier alpha value is -2.85. The Kier molecular flexibility index (Phi) is 5.54. The fraction of sp³-hybridized carbons (Fsp3) is 0.143. The molecule has 26 heavy (non-hydrogen) atoms. The summed E-state index contributed by atoms with van der Waals surface area (Å²) in [6.45, 7) is 1.47. The molecule has 5 heteroatoms. The molecule has 0 aliphatic rings. The van der Waals surface area contributed by atoms with E-state index in [0.717, 1.165) is 16.3 Å². The molecular weight excluding hydrogens is 350 g/mol. The van der Waals surface area contributed by atoms with Crippen LogP contribution < -0.4 is 5.32 Å². The SMILES string of the molecule is C[C@@H](NC(=O)COC(=O)c1cccc2ccccc12)c1ccccc1Cl. The minimum atomic E-state index is -0.526. The van der Waals surface area contributed by atoms with Gasteiger partial charge in [0.15, 0.2) is 6.61 Å². The van der Waals surface area contributed by atoms with E-state index in [1.54, 1.807) is 18.2 Å². The predicted octanol–water partition coefficient (Wildman–Crippen LogP) is 4.53. The molecule has 0 unspecified atom stereocenters. The molecule has 0 bridgehead atoms. The molecule has 0 saturated heterocycles. The van der Waals surface area contributed by atoms with Gasteiger partial charge < -0.3 is 10.1 Å². The van der Waals surface area contributed by atoms with Gasteiger partial charge in [-0.25, -0.2) is 4.79 Å². The number of amides is 1. The zero-order valence-electron chi connectivity index (χ0n) is 14.2. The van der Waals surface area contributed by atoms with Gasteiger partial charge in [0.05, 0.1) is 11.6 Å². The lowest BCUT2D eigenvalue weighted by atomic mass is 10.1. The van der Waals surface area contributed by atoms with Crippen LogP contribution in [0.1, 0.15) is 28.9 Å². The number of ether oxygens (including phenoxy) is 1. The maximum absolute atomic E-state index is 12.3. The second-order valence-electron chi connectivity index (χ2n) is 5.91. The number of carbonyl (C=O) groups excluding carboxylic acids is 2. The van der Waals surface area contributed by atoms with E-state index in [0.29, 0.717) is 10.6 Å². The Labute approximate surface area is 156 Å². The number of carbonyl (C=O) groups is 2. The Balaban J connectivity index is 1.62. The van der Waals surface area contributed by atoms with E-state index in [4.69, 9.17) is 16.3 Å². The number of esters is 1. The van der Waals surface area contributed by atoms with Gasteiger partial charge in [-0.3, -0.25) is 4.79 Å². The highest BCUT2D eigenvalue weighted by atomic mass is 35.5. The van der Waals surface area contributed by atoms with Crippen LogP contribution in [0.4, 0.5) is 0 Å². The van der Waals surface area contributed by atoms with Crippen LogP contribution in [0.3, 0.4) is 0 Å². The smallest absolute Gasteiger partial charge is 0.339 e. The highest BCUT2D eigenvalue weighted by Crippen LogP contribution is 2.22. The number of fused-ring (bicyclic) bond motifs is 1. The van der Waals surface area contributed by atoms with Crippen LogP contribution in [-0.2, 0) is 9.53 Å². The molecule has 0 radical (unpaired) electrons. The average molecular weight is 368 g/mol. The molecule has 4 nitrogen and oxygen atoms in total. The van der Waals surface area contributed by atoms with E-state index >= 15 is 0 Å². The summed E-state index contributed by atoms with van der Waals surface area (Å²) in [5.41, 5.74) is 1.25. The first-order chi connectivity index (χ1) is 12.6. The molecule has 0 saturated carbocycles. The third-order valence-corrected chi connectivity index (χ3v) is 4.44. The Morgan fingerprint density at radius 3 is 2.50 bits per heavy atom. The lowest BCUT2D eigenvalue weighted by Gasteiger charge is -2.15. The molecule has 0 heterocycles. The van der Waals surface area contributed by atoms with Crippen molar-refractivity contribution >= 4 is 34.2 Å². The van der Waals surface area contributed by atoms with Crippen molar-refractivity contribution in [3.05, 3.63) is 82.9 Å². The molecule has 0 aliphatic heterocycles. The van der Waals surface area contributed by atoms with Gasteiger partial charge >= 0.3 is 5.97 Å². The van der Waals surface area contributed by atoms with Crippen LogP contribution in [0.25, 0.3) is 10.8 Å². The molecule has 1 atom stereocenters. The van der Waals surface area contributed by atoms with Crippen molar-refractivity contribution in [3.63, 3.8) is 0 Å². The molecule has 132 valence electrons. The van der Waals surface area contributed by atoms with Crippen LogP contribution in [0, 0.1) is 0 Å². The van der Waals surface area contributed by atoms with Crippen molar-refractivity contribution in [1.82, 2.24) is 5.32 Å². The van der Waals surface area contributed by atoms with Crippen molar-refractivity contribution < 1.29 is 14.3 Å². The summed E-state index contributed by atoms with van der Waals surface area (Å²) in [5, 5.41) is 5.10. The van der Waals surface area contributed by atoms with Crippen molar-refractivity contribution in [3.8, 4) is 0 Å². The summed E-state index contributed by atoms with van der Waals surface area (Å²) in [6, 6.07) is 19.9. The van der Waals surface area contributed by atoms with Gasteiger partial charge in [0, 0.05) is 5.02 Å². The van der Waals surface area contributed by atoms with Gasteiger partial charge in [-0.05, 0) is 35.4 Å². The molecule has 0 aromatic heterocycles. The van der Waals surface area contributed by atoms with Crippen molar-refractivity contribution in [1.29, 1.82) is 0 Å². The van der Waals surface area contributed by atoms with E-state index in [9.17, 15) is 9.59 Å². The number of benzene rings is 3. The Morgan fingerprint density at radius 1 is 1.00 bits per heavy atom. The van der Waals surface area contributed by atoms with Gasteiger partial charge in [0.25, 0.3) is 5.91 Å². The summed E-state index contributed by atoms with van der Waals surface area (Å²) in [5.74, 6) is -0.909. The second-order valence-corrected chi connectivity index (χ2v) is 6.32. The molecular formula is C21H18ClNO3. The molecule has 1 amide bonds. The first kappa shape index (κ1) is 18.0. The van der Waals surface area contributed by atoms with E-state index in [1.807, 2.05) is 55.5 Å². The summed E-state index contributed by atoms with van der Waals surface area (Å²) < 4.78 is 5.18. The van der Waals surface area contributed by atoms with Crippen LogP contribution in [0.5, 0.6) is 0 Å². The molecule has 3 aromatic carbocycles. The summed E-state index contributed by atoms with van der Waals surface area (Å²) in [7, 11) is 0. The third-order valence-electron chi connectivity index (χ3n) is 4.09. The third kappa shape index (κ3) is 4.03. The number of rotatable bonds is 5. The van der Waals surface area contributed by atoms with Crippen molar-refractivity contribution in [2.75, 3.05) is 6.61 Å². The Morgan fingerprint density at radius 2 is 1.69 bits per heavy atom. The largest absolute Gasteiger partial charge is 0.452 e. The van der Waals surface area contributed by atoms with Crippen LogP contribution in [0.2, 0.25) is 5.02 Å². The number of hydrogen-bond acceptors (Lipinski definition) is 3. The lowest BCUT2D eigenvalue weighted by Crippen LogP contribution is -2.31. The van der Waals surface area contributed by atoms with Crippen LogP contribution >= 0.6 is 11.6 Å². The predicted molar refractivity (Wildman–Crippen MR) is 102 cm³/mol. The van der Waals surface area contributed by atoms with E-state index in [2.05, 4.69) is 5.32 Å². The zero-order valence-corrected chi connectivity index (χ0v) is 15.0. The quantitative estimate of drug-likeness (QED) is 0.674. The fourth-order valence-electron chi connectivity index (χ4n) is 2.80. The maximum Gasteiger partial charge on any atom is 0.339 e. The van der Waals surface area contributed by atoms with Crippen LogP contribution in [-0.4, -0.2) is 18.5 Å². The monoisotopic (exact) mass is 367 g/mol. The normalized spacial score (nSPS) is 11.8. The first-order valence-corrected chi connectivity index (χ1v) is 8.62. The average Bonchev–Trinajstić information content (AvgIpc) is 2.66. The molecule has 1 N–H and O–H groups in total. The van der Waals surface area contributed by atoms with Crippen molar-refractivity contribution in [2.45, 2.75) is 13.0 Å². The van der Waals surface area contributed by atoms with E-state index < -0.39 is 5.97 Å². The summed E-state index contributed by atoms with van der Waals surface area (Å²) in [6.07, 6.45) is 0. The lowest BCUT2D eigenvalue weighted by molar-refractivity contribution is -0.124. The fourth-order valence-corrected chi connectivity index (χ4v) is 3.10. The van der Waals surface area contributed by atoms with Gasteiger partial charge in [0.1, 0.15) is 0 Å². The minimum absolute atomic E-state index is 0.285. The van der Waals surface area contributed by atoms with Crippen LogP contribution in [0.15, 0.2) is 66.7 Å². The zero-order chi connectivity index (χ0) is 18.5. The standard InChI is InChI=1S/C21H18ClNO3/c1-14(16-9-4-5-12-19(16)22)23-20(24)13-26-21(25)18-11-6-8-15-7-2-3-10-17(15)18/h2-12,14H,13H2,1H3,(H,23,24)/t14-/m1/s1. The summed E-state index contributed by atoms with van der Waals surface area (Å²) in [4.78, 5) is 24.5. The molecule has 3 aromatic rings. The number of nitrogens with one attached hydrogen (secondary N) is 1. The first-order valence-electron chi connectivity index (χ1n) is 8.25. The Bertz CT molecular complexity index is 949. The van der Waals surface area contributed by atoms with Crippen molar-refractivity contribution in [2.24, 2.45) is 0 Å². The molecule has 0 aliphatic carbocycles. The van der Waals surface area contributed by atoms with Gasteiger partial charge in [-0.15, -0.1) is 0 Å². The highest BCUT2D eigenvalue weighted by Gasteiger charge is 2.16. The molecule has 0 spiro atoms. The topological polar surface area (TPSA) is 55.4 Å². The van der Waals surface area contributed by atoms with Gasteiger partial charge in [-0.2, -0.15) is 0 Å². The maximum atomic E-state index is 12.3. The highest BCUT2D eigenvalue weighted by molar-refractivity contribution is 6.31. The number of hydrogen-bond donors (Lipinski definition) is 1. The number of halogens is 1. The molecule has 0 fully saturated rings. The van der Waals surface area contributed by atoms with E-state index in [1.165, 1.54) is 0 Å². The minimum Gasteiger partial charge on any atom is -0.452 e. The van der Waals surface area contributed by atoms with Gasteiger partial charge in [-0.1, -0.05) is 66.2 Å². The molecule has 3 rings (SSSR count). The summed E-state index contributed by atoms with van der Waals surface area (Å²) >= 11 is 6.13. The second kappa shape index (κ2) is 8.02. The van der Waals surface area contributed by atoms with Gasteiger partial charge in [0.2, 0.25) is 0 Å². The van der Waals surface area contributed by atoms with E-state index in [-0.39, 0.29) is 18.6 Å².